The van der Waals surface area contributed by atoms with E-state index in [0.717, 1.165) is 93.7 Å². The first-order valence-electron chi connectivity index (χ1n) is 23.4. The topological polar surface area (TPSA) is 53.5 Å². The Labute approximate surface area is 397 Å². The van der Waals surface area contributed by atoms with Gasteiger partial charge in [0.15, 0.2) is 11.6 Å². The Morgan fingerprint density at radius 3 is 1.43 bits per heavy atom. The highest BCUT2D eigenvalue weighted by molar-refractivity contribution is 6.24. The zero-order valence-electron chi connectivity index (χ0n) is 37.3. The molecule has 0 aliphatic carbocycles. The van der Waals surface area contributed by atoms with Gasteiger partial charge in [0.05, 0.1) is 38.8 Å². The van der Waals surface area contributed by atoms with Gasteiger partial charge in [0.1, 0.15) is 0 Å². The van der Waals surface area contributed by atoms with Gasteiger partial charge >= 0.3 is 0 Å². The minimum absolute atomic E-state index is 0.542. The zero-order valence-corrected chi connectivity index (χ0v) is 37.3. The molecule has 6 nitrogen and oxygen atoms in total. The quantitative estimate of drug-likeness (QED) is 0.160. The van der Waals surface area contributed by atoms with E-state index in [1.807, 2.05) is 18.2 Å². The normalized spacial score (nSPS) is 11.8. The van der Waals surface area contributed by atoms with Crippen LogP contribution in [0, 0.1) is 0 Å². The number of para-hydroxylation sites is 5. The molecule has 0 aliphatic rings. The van der Waals surface area contributed by atoms with Crippen molar-refractivity contribution in [3.8, 4) is 62.4 Å². The molecule has 10 aromatic carbocycles. The van der Waals surface area contributed by atoms with E-state index in [2.05, 4.69) is 238 Å². The Bertz CT molecular complexity index is 4300. The number of aromatic nitrogens is 6. The van der Waals surface area contributed by atoms with Crippen LogP contribution in [0.2, 0.25) is 0 Å². The standard InChI is InChI=1S/C63H40N6/c1-4-21-41(22-5-1)44-27-10-11-28-45(44)46-29-12-16-34-53(46)68-54-35-17-13-30-47(54)49-39-40-50-48-31-14-18-36-55(48)69(60(50)59(49)68)63-65-61(42-23-6-2-7-24-42)64-62(66-63)52-33-20-38-57-58(52)51-32-15-19-37-56(51)67(57)43-25-8-3-9-26-43/h1-40H. The first kappa shape index (κ1) is 38.8. The van der Waals surface area contributed by atoms with Crippen LogP contribution in [0.15, 0.2) is 243 Å². The Morgan fingerprint density at radius 2 is 0.739 bits per heavy atom. The summed E-state index contributed by atoms with van der Waals surface area (Å²) in [5, 5.41) is 6.76. The summed E-state index contributed by atoms with van der Waals surface area (Å²) in [6.07, 6.45) is 0. The number of hydrogen-bond acceptors (Lipinski definition) is 3. The lowest BCUT2D eigenvalue weighted by molar-refractivity contribution is 0.954. The van der Waals surface area contributed by atoms with E-state index >= 15 is 0 Å². The molecule has 14 aromatic rings. The van der Waals surface area contributed by atoms with Crippen molar-refractivity contribution in [2.45, 2.75) is 0 Å². The average molecular weight is 881 g/mol. The van der Waals surface area contributed by atoms with Crippen LogP contribution in [0.4, 0.5) is 0 Å². The van der Waals surface area contributed by atoms with Crippen molar-refractivity contribution < 1.29 is 0 Å². The van der Waals surface area contributed by atoms with Crippen LogP contribution in [0.1, 0.15) is 0 Å². The minimum Gasteiger partial charge on any atom is -0.309 e. The van der Waals surface area contributed by atoms with Crippen molar-refractivity contribution in [3.63, 3.8) is 0 Å². The Balaban J connectivity index is 1.10. The highest BCUT2D eigenvalue weighted by Crippen LogP contribution is 2.45. The molecule has 0 bridgehead atoms. The van der Waals surface area contributed by atoms with E-state index in [1.54, 1.807) is 0 Å². The summed E-state index contributed by atoms with van der Waals surface area (Å²) in [4.78, 5) is 16.4. The zero-order chi connectivity index (χ0) is 45.4. The molecule has 0 radical (unpaired) electrons. The fraction of sp³-hybridized carbons (Fsp3) is 0. The second-order valence-electron chi connectivity index (χ2n) is 17.5. The van der Waals surface area contributed by atoms with Crippen molar-refractivity contribution in [3.05, 3.63) is 243 Å². The van der Waals surface area contributed by atoms with Gasteiger partial charge in [-0.25, -0.2) is 4.98 Å². The molecule has 6 heteroatoms. The summed E-state index contributed by atoms with van der Waals surface area (Å²) >= 11 is 0. The van der Waals surface area contributed by atoms with Crippen molar-refractivity contribution in [1.29, 1.82) is 0 Å². The molecule has 0 unspecified atom stereocenters. The van der Waals surface area contributed by atoms with Gasteiger partial charge in [-0.2, -0.15) is 9.97 Å². The second-order valence-corrected chi connectivity index (χ2v) is 17.5. The molecular formula is C63H40N6. The SMILES string of the molecule is c1ccc(-c2nc(-c3cccc4c3c3ccccc3n4-c3ccccc3)nc(-n3c4ccccc4c4ccc5c6ccccc6n(-c6ccccc6-c6ccccc6-c6ccccc6)c5c43)n2)cc1. The van der Waals surface area contributed by atoms with Gasteiger partial charge in [-0.15, -0.1) is 0 Å². The smallest absolute Gasteiger partial charge is 0.238 e. The first-order chi connectivity index (χ1) is 34.3. The predicted octanol–water partition coefficient (Wildman–Crippen LogP) is 15.8. The van der Waals surface area contributed by atoms with Crippen LogP contribution < -0.4 is 0 Å². The molecule has 0 saturated carbocycles. The summed E-state index contributed by atoms with van der Waals surface area (Å²) in [5.74, 6) is 1.74. The largest absolute Gasteiger partial charge is 0.309 e. The van der Waals surface area contributed by atoms with Gasteiger partial charge in [0.25, 0.3) is 0 Å². The van der Waals surface area contributed by atoms with Crippen LogP contribution >= 0.6 is 0 Å². The van der Waals surface area contributed by atoms with Crippen LogP contribution in [-0.4, -0.2) is 28.7 Å². The monoisotopic (exact) mass is 880 g/mol. The fourth-order valence-electron chi connectivity index (χ4n) is 10.8. The maximum atomic E-state index is 5.61. The molecule has 0 spiro atoms. The number of nitrogens with zero attached hydrogens (tertiary/aromatic N) is 6. The van der Waals surface area contributed by atoms with Gasteiger partial charge < -0.3 is 9.13 Å². The number of hydrogen-bond donors (Lipinski definition) is 0. The number of rotatable bonds is 7. The van der Waals surface area contributed by atoms with Gasteiger partial charge in [-0.1, -0.05) is 200 Å². The molecule has 69 heavy (non-hydrogen) atoms. The van der Waals surface area contributed by atoms with Crippen LogP contribution in [0.3, 0.4) is 0 Å². The molecule has 0 amide bonds. The van der Waals surface area contributed by atoms with E-state index in [1.165, 1.54) is 16.5 Å². The van der Waals surface area contributed by atoms with Crippen molar-refractivity contribution in [2.75, 3.05) is 0 Å². The predicted molar refractivity (Wildman–Crippen MR) is 285 cm³/mol. The summed E-state index contributed by atoms with van der Waals surface area (Å²) in [6.45, 7) is 0. The molecule has 14 rings (SSSR count). The fourth-order valence-corrected chi connectivity index (χ4v) is 10.8. The van der Waals surface area contributed by atoms with E-state index in [-0.39, 0.29) is 0 Å². The summed E-state index contributed by atoms with van der Waals surface area (Å²) in [5.41, 5.74) is 15.1. The lowest BCUT2D eigenvalue weighted by Crippen LogP contribution is -2.07. The van der Waals surface area contributed by atoms with Crippen molar-refractivity contribution >= 4 is 65.4 Å². The Hall–Kier alpha value is -9.39. The Kier molecular flexibility index (Phi) is 8.79. The van der Waals surface area contributed by atoms with Crippen molar-refractivity contribution in [2.24, 2.45) is 0 Å². The number of benzene rings is 10. The van der Waals surface area contributed by atoms with Gasteiger partial charge in [0.2, 0.25) is 5.95 Å². The van der Waals surface area contributed by atoms with Crippen molar-refractivity contribution in [1.82, 2.24) is 28.7 Å². The summed E-state index contributed by atoms with van der Waals surface area (Å²) in [6, 6.07) is 86.2. The molecule has 322 valence electrons. The van der Waals surface area contributed by atoms with Gasteiger partial charge in [-0.05, 0) is 59.2 Å². The third-order valence-electron chi connectivity index (χ3n) is 13.7. The average Bonchev–Trinajstić information content (AvgIpc) is 4.07. The summed E-state index contributed by atoms with van der Waals surface area (Å²) in [7, 11) is 0. The third-order valence-corrected chi connectivity index (χ3v) is 13.7. The molecule has 0 fully saturated rings. The van der Waals surface area contributed by atoms with E-state index < -0.39 is 0 Å². The van der Waals surface area contributed by atoms with Crippen LogP contribution in [0.5, 0.6) is 0 Å². The molecule has 4 heterocycles. The highest BCUT2D eigenvalue weighted by atomic mass is 15.2. The van der Waals surface area contributed by atoms with E-state index in [4.69, 9.17) is 15.0 Å². The second kappa shape index (κ2) is 15.6. The molecule has 0 atom stereocenters. The van der Waals surface area contributed by atoms with Gasteiger partial charge in [0, 0.05) is 54.7 Å². The third kappa shape index (κ3) is 6.02. The van der Waals surface area contributed by atoms with E-state index in [9.17, 15) is 0 Å². The van der Waals surface area contributed by atoms with Crippen LogP contribution in [-0.2, 0) is 0 Å². The van der Waals surface area contributed by atoms with Crippen LogP contribution in [0.25, 0.3) is 128 Å². The lowest BCUT2D eigenvalue weighted by Gasteiger charge is -2.18. The molecule has 0 N–H and O–H groups in total. The molecule has 0 aliphatic heterocycles. The summed E-state index contributed by atoms with van der Waals surface area (Å²) < 4.78 is 7.10. The molecular weight excluding hydrogens is 841 g/mol. The van der Waals surface area contributed by atoms with Gasteiger partial charge in [-0.3, -0.25) is 4.57 Å². The molecule has 4 aromatic heterocycles. The maximum absolute atomic E-state index is 5.61. The first-order valence-corrected chi connectivity index (χ1v) is 23.4. The Morgan fingerprint density at radius 1 is 0.261 bits per heavy atom. The number of fused-ring (bicyclic) bond motifs is 10. The lowest BCUT2D eigenvalue weighted by atomic mass is 9.93. The minimum atomic E-state index is 0.542. The highest BCUT2D eigenvalue weighted by Gasteiger charge is 2.26. The molecule has 0 saturated heterocycles. The maximum Gasteiger partial charge on any atom is 0.238 e. The van der Waals surface area contributed by atoms with E-state index in [0.29, 0.717) is 17.6 Å².